The van der Waals surface area contributed by atoms with Gasteiger partial charge < -0.3 is 22.0 Å². The van der Waals surface area contributed by atoms with E-state index in [4.69, 9.17) is 16.7 Å². The Bertz CT molecular complexity index is 225. The second-order valence-electron chi connectivity index (χ2n) is 3.76. The average Bonchev–Trinajstić information content (AvgIpc) is 2.10. The van der Waals surface area contributed by atoms with Crippen molar-refractivity contribution >= 4 is 11.7 Å². The van der Waals surface area contributed by atoms with E-state index in [1.54, 1.807) is 0 Å². The quantitative estimate of drug-likeness (QED) is 0.149. The summed E-state index contributed by atoms with van der Waals surface area (Å²) in [4.78, 5) is 10.4. The van der Waals surface area contributed by atoms with E-state index < -0.39 is 5.91 Å². The van der Waals surface area contributed by atoms with Gasteiger partial charge in [-0.3, -0.25) is 4.79 Å². The predicted molar refractivity (Wildman–Crippen MR) is 53.9 cm³/mol. The van der Waals surface area contributed by atoms with Crippen LogP contribution in [0.3, 0.4) is 0 Å². The van der Waals surface area contributed by atoms with Crippen molar-refractivity contribution in [2.45, 2.75) is 20.3 Å². The van der Waals surface area contributed by atoms with E-state index in [2.05, 4.69) is 10.5 Å². The molecule has 0 aliphatic heterocycles. The number of amidine groups is 1. The van der Waals surface area contributed by atoms with Crippen molar-refractivity contribution in [2.75, 3.05) is 13.1 Å². The molecule has 6 nitrogen and oxygen atoms in total. The van der Waals surface area contributed by atoms with Gasteiger partial charge in [0.05, 0.1) is 6.54 Å². The summed E-state index contributed by atoms with van der Waals surface area (Å²) < 4.78 is 0. The van der Waals surface area contributed by atoms with Crippen LogP contribution in [-0.2, 0) is 4.79 Å². The Hall–Kier alpha value is -1.30. The fourth-order valence-corrected chi connectivity index (χ4v) is 0.876. The molecule has 0 fully saturated rings. The number of nitrogens with one attached hydrogen (secondary N) is 1. The van der Waals surface area contributed by atoms with Gasteiger partial charge in [-0.25, -0.2) is 0 Å². The summed E-state index contributed by atoms with van der Waals surface area (Å²) in [6.45, 7) is 4.44. The van der Waals surface area contributed by atoms with Gasteiger partial charge in [-0.1, -0.05) is 19.0 Å². The molecule has 6 N–H and O–H groups in total. The predicted octanol–water partition coefficient (Wildman–Crippen LogP) is -0.776. The van der Waals surface area contributed by atoms with Crippen molar-refractivity contribution in [2.24, 2.45) is 22.0 Å². The maximum absolute atomic E-state index is 10.4. The van der Waals surface area contributed by atoms with E-state index in [1.807, 2.05) is 13.8 Å². The van der Waals surface area contributed by atoms with Crippen molar-refractivity contribution in [1.82, 2.24) is 5.32 Å². The van der Waals surface area contributed by atoms with Gasteiger partial charge >= 0.3 is 0 Å². The highest BCUT2D eigenvalue weighted by molar-refractivity contribution is 5.85. The van der Waals surface area contributed by atoms with Crippen molar-refractivity contribution < 1.29 is 10.0 Å². The molecule has 0 spiro atoms. The number of hydrogen-bond donors (Lipinski definition) is 4. The number of carbonyl (C=O) groups is 1. The van der Waals surface area contributed by atoms with E-state index >= 15 is 0 Å². The van der Waals surface area contributed by atoms with E-state index in [1.165, 1.54) is 0 Å². The fraction of sp³-hybridized carbons (Fsp3) is 0.750. The molecule has 0 aromatic heterocycles. The first kappa shape index (κ1) is 12.7. The van der Waals surface area contributed by atoms with Crippen LogP contribution in [0.15, 0.2) is 5.16 Å². The SMILES string of the molecule is CC(C)(CCNCC(N)=O)C(N)=NO. The van der Waals surface area contributed by atoms with Crippen LogP contribution in [0.5, 0.6) is 0 Å². The second-order valence-corrected chi connectivity index (χ2v) is 3.76. The van der Waals surface area contributed by atoms with Crippen LogP contribution < -0.4 is 16.8 Å². The van der Waals surface area contributed by atoms with Crippen molar-refractivity contribution in [3.05, 3.63) is 0 Å². The Labute approximate surface area is 83.3 Å². The van der Waals surface area contributed by atoms with Crippen LogP contribution in [0.1, 0.15) is 20.3 Å². The van der Waals surface area contributed by atoms with E-state index in [0.717, 1.165) is 0 Å². The van der Waals surface area contributed by atoms with E-state index in [9.17, 15) is 4.79 Å². The monoisotopic (exact) mass is 202 g/mol. The van der Waals surface area contributed by atoms with Gasteiger partial charge in [0, 0.05) is 5.41 Å². The first-order chi connectivity index (χ1) is 6.40. The third kappa shape index (κ3) is 4.66. The molecule has 6 heteroatoms. The highest BCUT2D eigenvalue weighted by atomic mass is 16.4. The van der Waals surface area contributed by atoms with Crippen molar-refractivity contribution in [3.8, 4) is 0 Å². The number of primary amides is 1. The molecule has 0 aromatic carbocycles. The Kier molecular flexibility index (Phi) is 4.93. The normalized spacial score (nSPS) is 12.9. The highest BCUT2D eigenvalue weighted by Gasteiger charge is 2.22. The van der Waals surface area contributed by atoms with Crippen LogP contribution in [0.2, 0.25) is 0 Å². The Morgan fingerprint density at radius 2 is 2.07 bits per heavy atom. The van der Waals surface area contributed by atoms with Gasteiger partial charge in [-0.15, -0.1) is 0 Å². The molecule has 0 aliphatic rings. The first-order valence-corrected chi connectivity index (χ1v) is 4.37. The van der Waals surface area contributed by atoms with E-state index in [-0.39, 0.29) is 17.8 Å². The van der Waals surface area contributed by atoms with Crippen LogP contribution in [-0.4, -0.2) is 30.0 Å². The molecule has 0 aromatic rings. The summed E-state index contributed by atoms with van der Waals surface area (Å²) in [6, 6.07) is 0. The standard InChI is InChI=1S/C8H18N4O2/c1-8(2,7(10)12-14)3-4-11-5-6(9)13/h11,14H,3-5H2,1-2H3,(H2,9,13)(H2,10,12). The molecule has 0 saturated heterocycles. The summed E-state index contributed by atoms with van der Waals surface area (Å²) in [6.07, 6.45) is 0.663. The summed E-state index contributed by atoms with van der Waals surface area (Å²) in [5.41, 5.74) is 10.0. The Morgan fingerprint density at radius 3 is 2.50 bits per heavy atom. The number of hydrogen-bond acceptors (Lipinski definition) is 4. The maximum Gasteiger partial charge on any atom is 0.231 e. The molecule has 82 valence electrons. The molecular weight excluding hydrogens is 184 g/mol. The van der Waals surface area contributed by atoms with E-state index in [0.29, 0.717) is 13.0 Å². The molecule has 14 heavy (non-hydrogen) atoms. The summed E-state index contributed by atoms with van der Waals surface area (Å²) in [5.74, 6) is -0.218. The number of amides is 1. The molecular formula is C8H18N4O2. The minimum absolute atomic E-state index is 0.145. The van der Waals surface area contributed by atoms with Gasteiger partial charge in [0.1, 0.15) is 5.84 Å². The lowest BCUT2D eigenvalue weighted by Crippen LogP contribution is -2.36. The fourth-order valence-electron chi connectivity index (χ4n) is 0.876. The molecule has 0 atom stereocenters. The van der Waals surface area contributed by atoms with Gasteiger partial charge in [0.2, 0.25) is 5.91 Å². The Morgan fingerprint density at radius 1 is 1.50 bits per heavy atom. The average molecular weight is 202 g/mol. The first-order valence-electron chi connectivity index (χ1n) is 4.37. The van der Waals surface area contributed by atoms with Gasteiger partial charge in [0.15, 0.2) is 0 Å². The number of nitrogens with two attached hydrogens (primary N) is 2. The summed E-state index contributed by atoms with van der Waals surface area (Å²) in [7, 11) is 0. The number of nitrogens with zero attached hydrogens (tertiary/aromatic N) is 1. The zero-order chi connectivity index (χ0) is 11.2. The summed E-state index contributed by atoms with van der Waals surface area (Å²) >= 11 is 0. The number of carbonyl (C=O) groups excluding carboxylic acids is 1. The lowest BCUT2D eigenvalue weighted by Gasteiger charge is -2.22. The molecule has 0 saturated carbocycles. The molecule has 0 heterocycles. The Balaban J connectivity index is 3.83. The minimum atomic E-state index is -0.397. The molecule has 0 aliphatic carbocycles. The van der Waals surface area contributed by atoms with Crippen LogP contribution in [0.25, 0.3) is 0 Å². The largest absolute Gasteiger partial charge is 0.409 e. The minimum Gasteiger partial charge on any atom is -0.409 e. The lowest BCUT2D eigenvalue weighted by molar-refractivity contribution is -0.117. The molecule has 1 amide bonds. The van der Waals surface area contributed by atoms with Crippen molar-refractivity contribution in [1.29, 1.82) is 0 Å². The second kappa shape index (κ2) is 5.43. The zero-order valence-corrected chi connectivity index (χ0v) is 8.58. The van der Waals surface area contributed by atoms with Gasteiger partial charge in [-0.05, 0) is 13.0 Å². The molecule has 0 bridgehead atoms. The number of oxime groups is 1. The number of rotatable bonds is 6. The topological polar surface area (TPSA) is 114 Å². The molecule has 0 rings (SSSR count). The maximum atomic E-state index is 10.4. The zero-order valence-electron chi connectivity index (χ0n) is 8.58. The van der Waals surface area contributed by atoms with Gasteiger partial charge in [0.25, 0.3) is 0 Å². The van der Waals surface area contributed by atoms with Crippen molar-refractivity contribution in [3.63, 3.8) is 0 Å². The molecule has 0 unspecified atom stereocenters. The lowest BCUT2D eigenvalue weighted by atomic mass is 9.88. The third-order valence-corrected chi connectivity index (χ3v) is 2.03. The van der Waals surface area contributed by atoms with Gasteiger partial charge in [-0.2, -0.15) is 0 Å². The highest BCUT2D eigenvalue weighted by Crippen LogP contribution is 2.19. The van der Waals surface area contributed by atoms with Crippen LogP contribution in [0.4, 0.5) is 0 Å². The van der Waals surface area contributed by atoms with Crippen LogP contribution >= 0.6 is 0 Å². The summed E-state index contributed by atoms with van der Waals surface area (Å²) in [5, 5.41) is 14.3. The van der Waals surface area contributed by atoms with Crippen LogP contribution in [0, 0.1) is 5.41 Å². The third-order valence-electron chi connectivity index (χ3n) is 2.03. The molecule has 0 radical (unpaired) electrons. The smallest absolute Gasteiger partial charge is 0.231 e.